The first-order valence-corrected chi connectivity index (χ1v) is 12.1. The number of thiocarbonyl (C=S) groups is 1. The number of sulfonamides is 1. The molecule has 3 rings (SSSR count). The van der Waals surface area contributed by atoms with E-state index in [4.69, 9.17) is 17.0 Å². The Morgan fingerprint density at radius 2 is 1.58 bits per heavy atom. The van der Waals surface area contributed by atoms with Crippen molar-refractivity contribution in [1.29, 1.82) is 0 Å². The summed E-state index contributed by atoms with van der Waals surface area (Å²) in [7, 11) is -2.04. The summed E-state index contributed by atoms with van der Waals surface area (Å²) in [5.74, 6) is 0.452. The molecule has 0 saturated carbocycles. The molecule has 3 N–H and O–H groups in total. The van der Waals surface area contributed by atoms with Gasteiger partial charge in [0.25, 0.3) is 0 Å². The molecule has 0 radical (unpaired) electrons. The number of hydrogen-bond donors (Lipinski definition) is 3. The highest BCUT2D eigenvalue weighted by Crippen LogP contribution is 2.15. The van der Waals surface area contributed by atoms with E-state index in [-0.39, 0.29) is 22.3 Å². The lowest BCUT2D eigenvalue weighted by molar-refractivity contribution is -0.119. The lowest BCUT2D eigenvalue weighted by atomic mass is 10.1. The number of benzene rings is 3. The number of carbonyl (C=O) groups excluding carboxylic acids is 1. The largest absolute Gasteiger partial charge is 0.497 e. The highest BCUT2D eigenvalue weighted by atomic mass is 32.2. The molecule has 3 aromatic rings. The first kappa shape index (κ1) is 24.4. The Hall–Kier alpha value is -3.27. The lowest BCUT2D eigenvalue weighted by Crippen LogP contribution is -2.35. The number of methoxy groups -OCH3 is 1. The Kier molecular flexibility index (Phi) is 8.53. The molecule has 9 heteroatoms. The predicted octanol–water partition coefficient (Wildman–Crippen LogP) is 3.27. The molecule has 0 bridgehead atoms. The summed E-state index contributed by atoms with van der Waals surface area (Å²) in [4.78, 5) is 12.3. The van der Waals surface area contributed by atoms with Gasteiger partial charge in [-0.1, -0.05) is 42.5 Å². The highest BCUT2D eigenvalue weighted by Gasteiger charge is 2.13. The molecule has 0 fully saturated rings. The zero-order chi connectivity index (χ0) is 23.7. The molecule has 0 unspecified atom stereocenters. The Balaban J connectivity index is 1.48. The molecule has 0 aliphatic carbocycles. The molecule has 172 valence electrons. The van der Waals surface area contributed by atoms with Crippen molar-refractivity contribution in [2.45, 2.75) is 17.7 Å². The fraction of sp³-hybridized carbons (Fsp3) is 0.167. The van der Waals surface area contributed by atoms with Crippen LogP contribution in [0.25, 0.3) is 0 Å². The summed E-state index contributed by atoms with van der Waals surface area (Å²) >= 11 is 5.18. The van der Waals surface area contributed by atoms with Crippen LogP contribution in [0.1, 0.15) is 11.1 Å². The Bertz CT molecular complexity index is 1180. The van der Waals surface area contributed by atoms with Gasteiger partial charge in [0.05, 0.1) is 18.4 Å². The lowest BCUT2D eigenvalue weighted by Gasteiger charge is -2.11. The molecule has 0 aromatic heterocycles. The van der Waals surface area contributed by atoms with Gasteiger partial charge in [-0.3, -0.25) is 4.79 Å². The monoisotopic (exact) mass is 483 g/mol. The SMILES string of the molecule is COc1ccc(CC(=O)NC(=S)Nc2ccc(S(=O)(=O)NCCc3ccccc3)cc2)cc1. The topological polar surface area (TPSA) is 96.5 Å². The minimum Gasteiger partial charge on any atom is -0.497 e. The van der Waals surface area contributed by atoms with Crippen LogP contribution < -0.4 is 20.1 Å². The van der Waals surface area contributed by atoms with Crippen LogP contribution in [0.3, 0.4) is 0 Å². The molecule has 33 heavy (non-hydrogen) atoms. The standard InChI is InChI=1S/C24H25N3O4S2/c1-31-21-11-7-19(8-12-21)17-23(28)27-24(32)26-20-9-13-22(14-10-20)33(29,30)25-16-15-18-5-3-2-4-6-18/h2-14,25H,15-17H2,1H3,(H2,26,27,28,32). The van der Waals surface area contributed by atoms with Gasteiger partial charge in [-0.2, -0.15) is 0 Å². The number of rotatable bonds is 9. The Morgan fingerprint density at radius 3 is 2.21 bits per heavy atom. The van der Waals surface area contributed by atoms with Crippen molar-refractivity contribution >= 4 is 38.9 Å². The fourth-order valence-corrected chi connectivity index (χ4v) is 4.30. The summed E-state index contributed by atoms with van der Waals surface area (Å²) in [6.45, 7) is 0.302. The zero-order valence-corrected chi connectivity index (χ0v) is 19.7. The average Bonchev–Trinajstić information content (AvgIpc) is 2.80. The minimum absolute atomic E-state index is 0.130. The molecule has 0 atom stereocenters. The van der Waals surface area contributed by atoms with E-state index < -0.39 is 10.0 Å². The van der Waals surface area contributed by atoms with E-state index in [9.17, 15) is 13.2 Å². The fourth-order valence-electron chi connectivity index (χ4n) is 3.04. The van der Waals surface area contributed by atoms with E-state index >= 15 is 0 Å². The van der Waals surface area contributed by atoms with Crippen molar-refractivity contribution in [2.75, 3.05) is 19.0 Å². The number of carbonyl (C=O) groups is 1. The molecular weight excluding hydrogens is 458 g/mol. The van der Waals surface area contributed by atoms with Crippen molar-refractivity contribution in [1.82, 2.24) is 10.0 Å². The van der Waals surface area contributed by atoms with Crippen LogP contribution in [0.15, 0.2) is 83.8 Å². The van der Waals surface area contributed by atoms with Gasteiger partial charge < -0.3 is 15.4 Å². The van der Waals surface area contributed by atoms with Crippen LogP contribution in [0.5, 0.6) is 5.75 Å². The van der Waals surface area contributed by atoms with Gasteiger partial charge in [0.2, 0.25) is 15.9 Å². The second-order valence-corrected chi connectivity index (χ2v) is 9.36. The van der Waals surface area contributed by atoms with E-state index in [1.807, 2.05) is 42.5 Å². The van der Waals surface area contributed by atoms with Gasteiger partial charge in [-0.05, 0) is 66.2 Å². The van der Waals surface area contributed by atoms with E-state index in [2.05, 4.69) is 15.4 Å². The van der Waals surface area contributed by atoms with Crippen molar-refractivity contribution in [3.8, 4) is 5.75 Å². The van der Waals surface area contributed by atoms with Gasteiger partial charge in [0.15, 0.2) is 5.11 Å². The summed E-state index contributed by atoms with van der Waals surface area (Å²) in [5, 5.41) is 5.63. The molecule has 7 nitrogen and oxygen atoms in total. The van der Waals surface area contributed by atoms with Crippen molar-refractivity contribution < 1.29 is 17.9 Å². The van der Waals surface area contributed by atoms with E-state index in [1.165, 1.54) is 12.1 Å². The van der Waals surface area contributed by atoms with Crippen LogP contribution in [0.2, 0.25) is 0 Å². The van der Waals surface area contributed by atoms with Crippen LogP contribution in [-0.4, -0.2) is 33.1 Å². The van der Waals surface area contributed by atoms with Gasteiger partial charge in [-0.15, -0.1) is 0 Å². The molecule has 1 amide bonds. The van der Waals surface area contributed by atoms with Crippen molar-refractivity contribution in [2.24, 2.45) is 0 Å². The molecule has 0 heterocycles. The number of ether oxygens (including phenoxy) is 1. The van der Waals surface area contributed by atoms with Crippen LogP contribution >= 0.6 is 12.2 Å². The number of amides is 1. The molecule has 0 spiro atoms. The second-order valence-electron chi connectivity index (χ2n) is 7.18. The quantitative estimate of drug-likeness (QED) is 0.404. The maximum absolute atomic E-state index is 12.5. The van der Waals surface area contributed by atoms with Crippen LogP contribution in [0, 0.1) is 0 Å². The molecule has 0 aliphatic heterocycles. The average molecular weight is 484 g/mol. The van der Waals surface area contributed by atoms with E-state index in [0.29, 0.717) is 24.4 Å². The number of anilines is 1. The molecular formula is C24H25N3O4S2. The second kappa shape index (κ2) is 11.6. The summed E-state index contributed by atoms with van der Waals surface area (Å²) in [5.41, 5.74) is 2.45. The number of hydrogen-bond acceptors (Lipinski definition) is 5. The van der Waals surface area contributed by atoms with Gasteiger partial charge in [0, 0.05) is 12.2 Å². The van der Waals surface area contributed by atoms with Crippen molar-refractivity contribution in [3.05, 3.63) is 90.0 Å². The summed E-state index contributed by atoms with van der Waals surface area (Å²) < 4.78 is 32.7. The molecule has 0 saturated heterocycles. The van der Waals surface area contributed by atoms with Gasteiger partial charge in [0.1, 0.15) is 5.75 Å². The third kappa shape index (κ3) is 7.67. The summed E-state index contributed by atoms with van der Waals surface area (Å²) in [6, 6.07) is 23.0. The third-order valence-electron chi connectivity index (χ3n) is 4.75. The maximum Gasteiger partial charge on any atom is 0.240 e. The Morgan fingerprint density at radius 1 is 0.909 bits per heavy atom. The number of nitrogens with one attached hydrogen (secondary N) is 3. The van der Waals surface area contributed by atoms with E-state index in [0.717, 1.165) is 11.1 Å². The predicted molar refractivity (Wildman–Crippen MR) is 133 cm³/mol. The van der Waals surface area contributed by atoms with Crippen LogP contribution in [0.4, 0.5) is 5.69 Å². The van der Waals surface area contributed by atoms with Gasteiger partial charge >= 0.3 is 0 Å². The van der Waals surface area contributed by atoms with Gasteiger partial charge in [-0.25, -0.2) is 13.1 Å². The molecule has 3 aromatic carbocycles. The minimum atomic E-state index is -3.62. The smallest absolute Gasteiger partial charge is 0.240 e. The Labute approximate surface area is 199 Å². The first-order chi connectivity index (χ1) is 15.9. The normalized spacial score (nSPS) is 10.9. The molecule has 0 aliphatic rings. The first-order valence-electron chi connectivity index (χ1n) is 10.2. The van der Waals surface area contributed by atoms with Crippen molar-refractivity contribution in [3.63, 3.8) is 0 Å². The maximum atomic E-state index is 12.5. The zero-order valence-electron chi connectivity index (χ0n) is 18.1. The summed E-state index contributed by atoms with van der Waals surface area (Å²) in [6.07, 6.45) is 0.766. The van der Waals surface area contributed by atoms with Crippen LogP contribution in [-0.2, 0) is 27.7 Å². The highest BCUT2D eigenvalue weighted by molar-refractivity contribution is 7.89. The van der Waals surface area contributed by atoms with E-state index in [1.54, 1.807) is 31.4 Å². The third-order valence-corrected chi connectivity index (χ3v) is 6.43.